The van der Waals surface area contributed by atoms with Crippen LogP contribution in [0, 0.1) is 0 Å². The molecule has 0 spiro atoms. The summed E-state index contributed by atoms with van der Waals surface area (Å²) in [5, 5.41) is 3.87. The van der Waals surface area contributed by atoms with Crippen molar-refractivity contribution in [2.45, 2.75) is 18.8 Å². The first kappa shape index (κ1) is 18.9. The van der Waals surface area contributed by atoms with Gasteiger partial charge in [0.2, 0.25) is 5.91 Å². The van der Waals surface area contributed by atoms with Crippen LogP contribution in [0.3, 0.4) is 0 Å². The summed E-state index contributed by atoms with van der Waals surface area (Å²) in [5.41, 5.74) is -1.82. The second-order valence-corrected chi connectivity index (χ2v) is 5.78. The van der Waals surface area contributed by atoms with E-state index < -0.39 is 49.2 Å². The molecule has 1 saturated heterocycles. The van der Waals surface area contributed by atoms with Crippen molar-refractivity contribution < 1.29 is 31.1 Å². The Balaban J connectivity index is 1.78. The number of hydrogen-bond donors (Lipinski definition) is 0. The Morgan fingerprint density at radius 1 is 1.26 bits per heavy atom. The molecule has 1 fully saturated rings. The second kappa shape index (κ2) is 6.67. The summed E-state index contributed by atoms with van der Waals surface area (Å²) < 4.78 is 77.8. The predicted molar refractivity (Wildman–Crippen MR) is 79.9 cm³/mol. The lowest BCUT2D eigenvalue weighted by Crippen LogP contribution is -2.58. The molecule has 3 rings (SSSR count). The molecule has 0 aromatic carbocycles. The smallest absolute Gasteiger partial charge is 0.327 e. The molecule has 12 heteroatoms. The van der Waals surface area contributed by atoms with Gasteiger partial charge >= 0.3 is 6.18 Å². The lowest BCUT2D eigenvalue weighted by molar-refractivity contribution is -0.160. The number of pyridine rings is 1. The molecule has 0 atom stereocenters. The highest BCUT2D eigenvalue weighted by molar-refractivity contribution is 5.90. The first-order chi connectivity index (χ1) is 12.6. The van der Waals surface area contributed by atoms with E-state index in [1.807, 2.05) is 0 Å². The first-order valence-corrected chi connectivity index (χ1v) is 7.48. The number of aromatic nitrogens is 4. The van der Waals surface area contributed by atoms with Crippen molar-refractivity contribution in [2.75, 3.05) is 13.1 Å². The molecule has 6 nitrogen and oxygen atoms in total. The topological polar surface area (TPSA) is 63.9 Å². The van der Waals surface area contributed by atoms with E-state index in [1.165, 1.54) is 0 Å². The van der Waals surface area contributed by atoms with Crippen molar-refractivity contribution >= 4 is 12.1 Å². The van der Waals surface area contributed by atoms with Gasteiger partial charge < -0.3 is 4.90 Å². The summed E-state index contributed by atoms with van der Waals surface area (Å²) in [6.07, 6.45) is -1.56. The fourth-order valence-corrected chi connectivity index (χ4v) is 2.32. The number of halogens is 6. The molecule has 1 aliphatic rings. The molecular formula is C15H11F6N5O. The van der Waals surface area contributed by atoms with Crippen molar-refractivity contribution in [1.29, 1.82) is 0 Å². The van der Waals surface area contributed by atoms with Crippen LogP contribution in [-0.2, 0) is 17.6 Å². The van der Waals surface area contributed by atoms with Gasteiger partial charge in [-0.05, 0) is 12.1 Å². The molecule has 1 aliphatic heterocycles. The Kier molecular flexibility index (Phi) is 4.66. The third-order valence-electron chi connectivity index (χ3n) is 3.60. The minimum Gasteiger partial charge on any atom is -0.327 e. The monoisotopic (exact) mass is 391 g/mol. The molecule has 0 aliphatic carbocycles. The number of nitrogens with zero attached hydrogens (tertiary/aromatic N) is 5. The summed E-state index contributed by atoms with van der Waals surface area (Å²) >= 11 is 0. The SMILES string of the molecule is O=C(/C=C\n1cnc(-c2cc(CF)nc(C(F)(F)F)c2)n1)N1CC(F)(F)C1. The fraction of sp³-hybridized carbons (Fsp3) is 0.333. The quantitative estimate of drug-likeness (QED) is 0.594. The van der Waals surface area contributed by atoms with Crippen molar-refractivity contribution in [3.05, 3.63) is 35.9 Å². The van der Waals surface area contributed by atoms with Gasteiger partial charge in [-0.3, -0.25) is 4.79 Å². The highest BCUT2D eigenvalue weighted by Crippen LogP contribution is 2.31. The van der Waals surface area contributed by atoms with Gasteiger partial charge in [-0.1, -0.05) is 0 Å². The van der Waals surface area contributed by atoms with E-state index in [2.05, 4.69) is 15.1 Å². The lowest BCUT2D eigenvalue weighted by Gasteiger charge is -2.37. The molecule has 0 radical (unpaired) electrons. The summed E-state index contributed by atoms with van der Waals surface area (Å²) in [5.74, 6) is -3.71. The van der Waals surface area contributed by atoms with Crippen LogP contribution in [0.15, 0.2) is 24.5 Å². The van der Waals surface area contributed by atoms with Gasteiger partial charge in [0.25, 0.3) is 5.92 Å². The number of rotatable bonds is 4. The maximum absolute atomic E-state index is 12.8. The average molecular weight is 391 g/mol. The zero-order valence-electron chi connectivity index (χ0n) is 13.4. The summed E-state index contributed by atoms with van der Waals surface area (Å²) in [4.78, 5) is 19.6. The minimum absolute atomic E-state index is 0.106. The largest absolute Gasteiger partial charge is 0.433 e. The van der Waals surface area contributed by atoms with Gasteiger partial charge in [0, 0.05) is 17.8 Å². The van der Waals surface area contributed by atoms with Crippen LogP contribution in [0.1, 0.15) is 11.4 Å². The number of carbonyl (C=O) groups is 1. The van der Waals surface area contributed by atoms with Crippen LogP contribution >= 0.6 is 0 Å². The molecule has 1 amide bonds. The predicted octanol–water partition coefficient (Wildman–Crippen LogP) is 2.78. The van der Waals surface area contributed by atoms with E-state index in [-0.39, 0.29) is 11.4 Å². The third kappa shape index (κ3) is 4.26. The van der Waals surface area contributed by atoms with Gasteiger partial charge in [0.1, 0.15) is 18.7 Å². The molecular weight excluding hydrogens is 380 g/mol. The number of alkyl halides is 6. The van der Waals surface area contributed by atoms with Crippen molar-refractivity contribution in [2.24, 2.45) is 0 Å². The van der Waals surface area contributed by atoms with Crippen molar-refractivity contribution in [1.82, 2.24) is 24.6 Å². The summed E-state index contributed by atoms with van der Waals surface area (Å²) in [7, 11) is 0. The zero-order chi connectivity index (χ0) is 19.8. The molecule has 2 aromatic rings. The minimum atomic E-state index is -4.77. The average Bonchev–Trinajstić information content (AvgIpc) is 3.05. The molecule has 27 heavy (non-hydrogen) atoms. The van der Waals surface area contributed by atoms with Crippen LogP contribution < -0.4 is 0 Å². The Bertz CT molecular complexity index is 883. The van der Waals surface area contributed by atoms with Crippen LogP contribution in [-0.4, -0.2) is 49.6 Å². The van der Waals surface area contributed by atoms with Gasteiger partial charge in [0.15, 0.2) is 5.82 Å². The van der Waals surface area contributed by atoms with E-state index in [0.717, 1.165) is 34.3 Å². The van der Waals surface area contributed by atoms with Crippen LogP contribution in [0.4, 0.5) is 26.3 Å². The number of hydrogen-bond acceptors (Lipinski definition) is 4. The third-order valence-corrected chi connectivity index (χ3v) is 3.60. The Morgan fingerprint density at radius 2 is 1.96 bits per heavy atom. The van der Waals surface area contributed by atoms with Gasteiger partial charge in [-0.15, -0.1) is 5.10 Å². The Labute approximate surface area is 148 Å². The maximum Gasteiger partial charge on any atom is 0.433 e. The molecule has 3 heterocycles. The second-order valence-electron chi connectivity index (χ2n) is 5.78. The molecule has 0 N–H and O–H groups in total. The van der Waals surface area contributed by atoms with Gasteiger partial charge in [0.05, 0.1) is 18.8 Å². The summed E-state index contributed by atoms with van der Waals surface area (Å²) in [6, 6.07) is 1.75. The lowest BCUT2D eigenvalue weighted by atomic mass is 10.1. The maximum atomic E-state index is 12.8. The van der Waals surface area contributed by atoms with Crippen LogP contribution in [0.2, 0.25) is 0 Å². The van der Waals surface area contributed by atoms with Gasteiger partial charge in [-0.2, -0.15) is 13.2 Å². The fourth-order valence-electron chi connectivity index (χ4n) is 2.32. The van der Waals surface area contributed by atoms with Crippen LogP contribution in [0.25, 0.3) is 17.6 Å². The Hall–Kier alpha value is -2.92. The molecule has 0 bridgehead atoms. The van der Waals surface area contributed by atoms with E-state index in [9.17, 15) is 31.1 Å². The van der Waals surface area contributed by atoms with E-state index in [0.29, 0.717) is 6.07 Å². The van der Waals surface area contributed by atoms with Gasteiger partial charge in [-0.25, -0.2) is 27.8 Å². The molecule has 144 valence electrons. The Morgan fingerprint density at radius 3 is 2.56 bits per heavy atom. The standard InChI is InChI=1S/C15H11F6N5O/c16-5-10-3-9(4-11(23-10)15(19,20)21)13-22-8-26(24-13)2-1-12(27)25-6-14(17,18)7-25/h1-4,8H,5-7H2/b2-1-. The van der Waals surface area contributed by atoms with E-state index in [4.69, 9.17) is 0 Å². The van der Waals surface area contributed by atoms with Crippen LogP contribution in [0.5, 0.6) is 0 Å². The highest BCUT2D eigenvalue weighted by atomic mass is 19.4. The number of likely N-dealkylation sites (tertiary alicyclic amines) is 1. The first-order valence-electron chi connectivity index (χ1n) is 7.48. The van der Waals surface area contributed by atoms with Crippen molar-refractivity contribution in [3.63, 3.8) is 0 Å². The van der Waals surface area contributed by atoms with E-state index in [1.54, 1.807) is 0 Å². The summed E-state index contributed by atoms with van der Waals surface area (Å²) in [6.45, 7) is -2.56. The molecule has 0 saturated carbocycles. The zero-order valence-corrected chi connectivity index (χ0v) is 13.4. The van der Waals surface area contributed by atoms with E-state index >= 15 is 0 Å². The molecule has 2 aromatic heterocycles. The van der Waals surface area contributed by atoms with Crippen molar-refractivity contribution in [3.8, 4) is 11.4 Å². The highest BCUT2D eigenvalue weighted by Gasteiger charge is 2.45. The normalized spacial score (nSPS) is 16.6. The molecule has 0 unspecified atom stereocenters. The number of amides is 1. The number of carbonyl (C=O) groups excluding carboxylic acids is 1.